The van der Waals surface area contributed by atoms with Crippen LogP contribution in [0.1, 0.15) is 23.5 Å². The van der Waals surface area contributed by atoms with Crippen LogP contribution in [-0.2, 0) is 14.3 Å². The summed E-state index contributed by atoms with van der Waals surface area (Å²) in [6.45, 7) is 0.00697. The number of carboxylic acids is 1. The fraction of sp³-hybridized carbons (Fsp3) is 0.160. The summed E-state index contributed by atoms with van der Waals surface area (Å²) in [5.41, 5.74) is 4.05. The summed E-state index contributed by atoms with van der Waals surface area (Å²) >= 11 is 1.92. The van der Waals surface area contributed by atoms with Crippen LogP contribution in [0.25, 0.3) is 11.1 Å². The number of fused-ring (bicyclic) bond motifs is 3. The van der Waals surface area contributed by atoms with E-state index in [9.17, 15) is 23.9 Å². The van der Waals surface area contributed by atoms with E-state index in [-0.39, 0.29) is 18.2 Å². The first kappa shape index (κ1) is 23.7. The Morgan fingerprint density at radius 2 is 1.62 bits per heavy atom. The third kappa shape index (κ3) is 5.19. The second-order valence-corrected chi connectivity index (χ2v) is 8.98. The Labute approximate surface area is 208 Å². The first-order chi connectivity index (χ1) is 16.3. The summed E-state index contributed by atoms with van der Waals surface area (Å²) in [7, 11) is 0. The minimum atomic E-state index is -1.45. The lowest BCUT2D eigenvalue weighted by Crippen LogP contribution is -2.45. The number of alkyl carbamates (subject to hydrolysis) is 1. The molecular weight excluding hydrogens is 554 g/mol. The van der Waals surface area contributed by atoms with Gasteiger partial charge in [0.25, 0.3) is 0 Å². The van der Waals surface area contributed by atoms with Crippen LogP contribution in [0.5, 0.6) is 0 Å². The fourth-order valence-corrected chi connectivity index (χ4v) is 4.43. The second-order valence-electron chi connectivity index (χ2n) is 7.73. The first-order valence-electron chi connectivity index (χ1n) is 10.4. The quantitative estimate of drug-likeness (QED) is 0.354. The van der Waals surface area contributed by atoms with Crippen LogP contribution < -0.4 is 10.6 Å². The molecule has 1 aliphatic rings. The molecule has 0 aliphatic heterocycles. The van der Waals surface area contributed by atoms with E-state index in [1.165, 1.54) is 12.1 Å². The van der Waals surface area contributed by atoms with Crippen molar-refractivity contribution in [1.29, 1.82) is 0 Å². The van der Waals surface area contributed by atoms with Crippen molar-refractivity contribution in [3.8, 4) is 11.1 Å². The van der Waals surface area contributed by atoms with Gasteiger partial charge in [0.1, 0.15) is 18.5 Å². The number of anilines is 1. The van der Waals surface area contributed by atoms with Gasteiger partial charge in [-0.05, 0) is 63.0 Å². The van der Waals surface area contributed by atoms with E-state index < -0.39 is 36.2 Å². The molecule has 3 N–H and O–H groups in total. The molecule has 4 rings (SSSR count). The highest BCUT2D eigenvalue weighted by molar-refractivity contribution is 14.1. The van der Waals surface area contributed by atoms with Crippen LogP contribution in [0.15, 0.2) is 66.7 Å². The molecule has 0 aromatic heterocycles. The maximum absolute atomic E-state index is 14.1. The molecule has 174 valence electrons. The fourth-order valence-electron chi connectivity index (χ4n) is 3.98. The Bertz CT molecular complexity index is 1220. The maximum atomic E-state index is 14.1. The van der Waals surface area contributed by atoms with Gasteiger partial charge in [-0.25, -0.2) is 9.18 Å². The van der Waals surface area contributed by atoms with Crippen molar-refractivity contribution in [3.05, 3.63) is 87.2 Å². The number of amides is 2. The van der Waals surface area contributed by atoms with E-state index in [0.29, 0.717) is 3.57 Å². The second kappa shape index (κ2) is 10.2. The van der Waals surface area contributed by atoms with E-state index in [0.717, 1.165) is 22.3 Å². The number of aliphatic carboxylic acids is 1. The molecule has 0 saturated carbocycles. The standard InChI is InChI=1S/C25H20FIN2O5/c26-20-11-14(27)9-10-21(20)28-24(32)22(12-23(30)31)29-25(33)34-13-19-17-7-3-1-5-15(17)16-6-2-4-8-18(16)19/h1-11,19,22H,12-13H2,(H,28,32)(H,29,33)(H,30,31). The normalized spacial score (nSPS) is 12.9. The monoisotopic (exact) mass is 574 g/mol. The van der Waals surface area contributed by atoms with Crippen molar-refractivity contribution in [1.82, 2.24) is 5.32 Å². The van der Waals surface area contributed by atoms with Crippen molar-refractivity contribution in [3.63, 3.8) is 0 Å². The van der Waals surface area contributed by atoms with Gasteiger partial charge in [-0.1, -0.05) is 48.5 Å². The number of rotatable bonds is 7. The summed E-state index contributed by atoms with van der Waals surface area (Å²) in [5.74, 6) is -3.03. The minimum Gasteiger partial charge on any atom is -0.481 e. The van der Waals surface area contributed by atoms with Crippen LogP contribution in [0, 0.1) is 9.39 Å². The van der Waals surface area contributed by atoms with Crippen LogP contribution in [-0.4, -0.2) is 35.7 Å². The number of ether oxygens (including phenoxy) is 1. The molecule has 3 aromatic carbocycles. The summed E-state index contributed by atoms with van der Waals surface area (Å²) in [4.78, 5) is 36.4. The Balaban J connectivity index is 1.43. The summed E-state index contributed by atoms with van der Waals surface area (Å²) in [6.07, 6.45) is -1.63. The van der Waals surface area contributed by atoms with Gasteiger partial charge in [0, 0.05) is 9.49 Å². The Morgan fingerprint density at radius 1 is 1.00 bits per heavy atom. The van der Waals surface area contributed by atoms with Gasteiger partial charge in [-0.15, -0.1) is 0 Å². The first-order valence-corrected chi connectivity index (χ1v) is 11.5. The topological polar surface area (TPSA) is 105 Å². The molecule has 0 bridgehead atoms. The largest absolute Gasteiger partial charge is 0.481 e. The zero-order valence-electron chi connectivity index (χ0n) is 17.8. The minimum absolute atomic E-state index is 0.00697. The van der Waals surface area contributed by atoms with E-state index in [2.05, 4.69) is 10.6 Å². The zero-order valence-corrected chi connectivity index (χ0v) is 19.9. The van der Waals surface area contributed by atoms with Crippen molar-refractivity contribution in [2.24, 2.45) is 0 Å². The van der Waals surface area contributed by atoms with Gasteiger partial charge in [0.2, 0.25) is 5.91 Å². The highest BCUT2D eigenvalue weighted by Crippen LogP contribution is 2.44. The summed E-state index contributed by atoms with van der Waals surface area (Å²) in [5, 5.41) is 13.8. The number of carbonyl (C=O) groups is 3. The van der Waals surface area contributed by atoms with Crippen molar-refractivity contribution >= 4 is 46.2 Å². The lowest BCUT2D eigenvalue weighted by Gasteiger charge is -2.19. The molecule has 34 heavy (non-hydrogen) atoms. The lowest BCUT2D eigenvalue weighted by molar-refractivity contribution is -0.139. The predicted octanol–water partition coefficient (Wildman–Crippen LogP) is 4.75. The number of carboxylic acid groups (broad SMARTS) is 1. The molecule has 0 fully saturated rings. The van der Waals surface area contributed by atoms with Gasteiger partial charge in [-0.2, -0.15) is 0 Å². The van der Waals surface area contributed by atoms with Crippen LogP contribution >= 0.6 is 22.6 Å². The third-order valence-corrected chi connectivity index (χ3v) is 6.19. The van der Waals surface area contributed by atoms with Crippen LogP contribution in [0.4, 0.5) is 14.9 Å². The molecule has 1 atom stereocenters. The van der Waals surface area contributed by atoms with Crippen molar-refractivity contribution < 1.29 is 28.6 Å². The van der Waals surface area contributed by atoms with Gasteiger partial charge >= 0.3 is 12.1 Å². The zero-order chi connectivity index (χ0) is 24.2. The molecule has 0 radical (unpaired) electrons. The summed E-state index contributed by atoms with van der Waals surface area (Å²) < 4.78 is 20.1. The molecular formula is C25H20FIN2O5. The molecule has 0 saturated heterocycles. The number of carbonyl (C=O) groups excluding carboxylic acids is 2. The highest BCUT2D eigenvalue weighted by atomic mass is 127. The van der Waals surface area contributed by atoms with Crippen LogP contribution in [0.3, 0.4) is 0 Å². The number of nitrogens with one attached hydrogen (secondary N) is 2. The average Bonchev–Trinajstić information content (AvgIpc) is 3.12. The van der Waals surface area contributed by atoms with Crippen molar-refractivity contribution in [2.75, 3.05) is 11.9 Å². The van der Waals surface area contributed by atoms with Gasteiger partial charge in [0.05, 0.1) is 12.1 Å². The van der Waals surface area contributed by atoms with E-state index in [1.807, 2.05) is 71.1 Å². The molecule has 0 spiro atoms. The summed E-state index contributed by atoms with van der Waals surface area (Å²) in [6, 6.07) is 18.4. The van der Waals surface area contributed by atoms with Gasteiger partial charge in [-0.3, -0.25) is 9.59 Å². The molecule has 1 aliphatic carbocycles. The van der Waals surface area contributed by atoms with E-state index in [1.54, 1.807) is 6.07 Å². The van der Waals surface area contributed by atoms with Gasteiger partial charge in [0.15, 0.2) is 0 Å². The molecule has 2 amide bonds. The SMILES string of the molecule is O=C(O)CC(NC(=O)OCC1c2ccccc2-c2ccccc21)C(=O)Nc1ccc(I)cc1F. The number of hydrogen-bond donors (Lipinski definition) is 3. The van der Waals surface area contributed by atoms with Gasteiger partial charge < -0.3 is 20.5 Å². The highest BCUT2D eigenvalue weighted by Gasteiger charge is 2.30. The average molecular weight is 574 g/mol. The molecule has 3 aromatic rings. The van der Waals surface area contributed by atoms with E-state index >= 15 is 0 Å². The van der Waals surface area contributed by atoms with Crippen molar-refractivity contribution in [2.45, 2.75) is 18.4 Å². The number of hydrogen-bond acceptors (Lipinski definition) is 4. The molecule has 0 heterocycles. The smallest absolute Gasteiger partial charge is 0.407 e. The lowest BCUT2D eigenvalue weighted by atomic mass is 9.98. The molecule has 7 nitrogen and oxygen atoms in total. The molecule has 9 heteroatoms. The van der Waals surface area contributed by atoms with Crippen LogP contribution in [0.2, 0.25) is 0 Å². The predicted molar refractivity (Wildman–Crippen MR) is 132 cm³/mol. The molecule has 1 unspecified atom stereocenters. The Hall–Kier alpha value is -3.47. The maximum Gasteiger partial charge on any atom is 0.407 e. The Morgan fingerprint density at radius 3 is 2.21 bits per heavy atom. The Kier molecular flexibility index (Phi) is 7.11. The number of benzene rings is 3. The number of halogens is 2. The third-order valence-electron chi connectivity index (χ3n) is 5.52. The van der Waals surface area contributed by atoms with E-state index in [4.69, 9.17) is 4.74 Å².